The first kappa shape index (κ1) is 15.3. The Balaban J connectivity index is 2.04. The van der Waals surface area contributed by atoms with Gasteiger partial charge < -0.3 is 10.1 Å². The average Bonchev–Trinajstić information content (AvgIpc) is 3.01. The third kappa shape index (κ3) is 4.43. The van der Waals surface area contributed by atoms with Gasteiger partial charge in [0.1, 0.15) is 0 Å². The molecule has 0 atom stereocenters. The third-order valence-corrected chi connectivity index (χ3v) is 3.95. The van der Waals surface area contributed by atoms with Crippen LogP contribution in [0.3, 0.4) is 0 Å². The number of aromatic amines is 1. The van der Waals surface area contributed by atoms with Gasteiger partial charge in [0.2, 0.25) is 0 Å². The van der Waals surface area contributed by atoms with Crippen LogP contribution in [-0.2, 0) is 16.6 Å². The van der Waals surface area contributed by atoms with Crippen LogP contribution in [-0.4, -0.2) is 30.1 Å². The molecule has 2 aromatic rings. The highest BCUT2D eigenvalue weighted by Crippen LogP contribution is 2.07. The molecule has 6 nitrogen and oxygen atoms in total. The molecule has 0 amide bonds. The molecule has 0 bridgehead atoms. The minimum absolute atomic E-state index is 0.0245. The lowest BCUT2D eigenvalue weighted by molar-refractivity contribution is 0.305. The first-order valence-electron chi connectivity index (χ1n) is 6.28. The summed E-state index contributed by atoms with van der Waals surface area (Å²) >= 11 is 0. The van der Waals surface area contributed by atoms with Crippen molar-refractivity contribution >= 4 is 10.0 Å². The Labute approximate surface area is 123 Å². The summed E-state index contributed by atoms with van der Waals surface area (Å²) in [5, 5.41) is 8.70. The molecule has 7 heteroatoms. The molecule has 0 saturated heterocycles. The van der Waals surface area contributed by atoms with Gasteiger partial charge in [-0.2, -0.15) is 0 Å². The number of hydrogen-bond acceptors (Lipinski definition) is 4. The van der Waals surface area contributed by atoms with Crippen LogP contribution in [0.2, 0.25) is 0 Å². The van der Waals surface area contributed by atoms with Gasteiger partial charge in [-0.15, -0.1) is 0 Å². The number of H-pyrrole nitrogens is 1. The highest BCUT2D eigenvalue weighted by Gasteiger charge is 2.14. The Morgan fingerprint density at radius 1 is 1.38 bits per heavy atom. The predicted molar refractivity (Wildman–Crippen MR) is 77.6 cm³/mol. The van der Waals surface area contributed by atoms with Crippen molar-refractivity contribution in [1.82, 2.24) is 14.7 Å². The molecule has 21 heavy (non-hydrogen) atoms. The maximum absolute atomic E-state index is 11.9. The van der Waals surface area contributed by atoms with Crippen LogP contribution in [0, 0.1) is 11.8 Å². The van der Waals surface area contributed by atoms with Crippen molar-refractivity contribution < 1.29 is 13.5 Å². The van der Waals surface area contributed by atoms with Gasteiger partial charge in [-0.3, -0.25) is 0 Å². The van der Waals surface area contributed by atoms with Crippen LogP contribution < -0.4 is 4.72 Å². The second-order valence-electron chi connectivity index (χ2n) is 4.22. The fourth-order valence-electron chi connectivity index (χ4n) is 1.63. The zero-order valence-corrected chi connectivity index (χ0v) is 12.0. The molecule has 0 unspecified atom stereocenters. The fraction of sp³-hybridized carbons (Fsp3) is 0.214. The Morgan fingerprint density at radius 3 is 2.95 bits per heavy atom. The quantitative estimate of drug-likeness (QED) is 0.706. The number of aromatic nitrogens is 2. The minimum Gasteiger partial charge on any atom is -0.395 e. The minimum atomic E-state index is -3.59. The third-order valence-electron chi connectivity index (χ3n) is 2.63. The van der Waals surface area contributed by atoms with Crippen molar-refractivity contribution in [3.63, 3.8) is 0 Å². The lowest BCUT2D eigenvalue weighted by atomic mass is 10.1. The van der Waals surface area contributed by atoms with E-state index < -0.39 is 10.0 Å². The summed E-state index contributed by atoms with van der Waals surface area (Å²) in [4.78, 5) is 6.24. The van der Waals surface area contributed by atoms with Crippen LogP contribution in [0.1, 0.15) is 17.5 Å². The lowest BCUT2D eigenvalue weighted by Crippen LogP contribution is -2.23. The van der Waals surface area contributed by atoms with E-state index in [-0.39, 0.29) is 18.2 Å². The molecule has 0 radical (unpaired) electrons. The predicted octanol–water partition coefficient (Wildman–Crippen LogP) is 0.622. The number of hydrogen-bond donors (Lipinski definition) is 3. The SMILES string of the molecule is O=S(=O)(NCc1cccc(C#CCCO)c1)c1cnc[nH]1. The topological polar surface area (TPSA) is 95.1 Å². The van der Waals surface area contributed by atoms with Crippen LogP contribution >= 0.6 is 0 Å². The van der Waals surface area contributed by atoms with Crippen LogP contribution in [0.15, 0.2) is 41.8 Å². The van der Waals surface area contributed by atoms with Gasteiger partial charge in [0.15, 0.2) is 5.03 Å². The molecular formula is C14H15N3O3S. The maximum Gasteiger partial charge on any atom is 0.257 e. The maximum atomic E-state index is 11.9. The number of nitrogens with zero attached hydrogens (tertiary/aromatic N) is 1. The molecule has 110 valence electrons. The van der Waals surface area contributed by atoms with E-state index in [2.05, 4.69) is 26.5 Å². The first-order chi connectivity index (χ1) is 10.1. The molecule has 1 heterocycles. The lowest BCUT2D eigenvalue weighted by Gasteiger charge is -2.05. The largest absolute Gasteiger partial charge is 0.395 e. The average molecular weight is 305 g/mol. The summed E-state index contributed by atoms with van der Waals surface area (Å²) in [5.74, 6) is 5.73. The number of benzene rings is 1. The Kier molecular flexibility index (Phi) is 5.11. The van der Waals surface area contributed by atoms with Gasteiger partial charge in [-0.25, -0.2) is 18.1 Å². The van der Waals surface area contributed by atoms with Gasteiger partial charge >= 0.3 is 0 Å². The Hall–Kier alpha value is -2.14. The summed E-state index contributed by atoms with van der Waals surface area (Å²) in [6.45, 7) is 0.188. The molecule has 0 saturated carbocycles. The second kappa shape index (κ2) is 7.04. The number of rotatable bonds is 5. The summed E-state index contributed by atoms with van der Waals surface area (Å²) in [5.41, 5.74) is 1.58. The van der Waals surface area contributed by atoms with E-state index in [1.807, 2.05) is 18.2 Å². The smallest absolute Gasteiger partial charge is 0.257 e. The number of imidazole rings is 1. The number of nitrogens with one attached hydrogen (secondary N) is 2. The van der Waals surface area contributed by atoms with E-state index >= 15 is 0 Å². The van der Waals surface area contributed by atoms with Gasteiger partial charge in [-0.1, -0.05) is 24.0 Å². The molecule has 0 aliphatic heterocycles. The summed E-state index contributed by atoms with van der Waals surface area (Å²) in [6.07, 6.45) is 2.97. The highest BCUT2D eigenvalue weighted by molar-refractivity contribution is 7.89. The van der Waals surface area contributed by atoms with Crippen molar-refractivity contribution in [3.05, 3.63) is 47.9 Å². The van der Waals surface area contributed by atoms with Crippen LogP contribution in [0.25, 0.3) is 0 Å². The molecular weight excluding hydrogens is 290 g/mol. The van der Waals surface area contributed by atoms with Gasteiger partial charge in [0, 0.05) is 18.5 Å². The molecule has 0 fully saturated rings. The van der Waals surface area contributed by atoms with Crippen molar-refractivity contribution in [2.45, 2.75) is 18.0 Å². The highest BCUT2D eigenvalue weighted by atomic mass is 32.2. The molecule has 0 aliphatic carbocycles. The summed E-state index contributed by atoms with van der Waals surface area (Å²) in [7, 11) is -3.59. The van der Waals surface area contributed by atoms with Crippen molar-refractivity contribution in [1.29, 1.82) is 0 Å². The van der Waals surface area contributed by atoms with E-state index in [1.165, 1.54) is 12.5 Å². The standard InChI is InChI=1S/C14H15N3O3S/c18-7-2-1-4-12-5-3-6-13(8-12)9-17-21(19,20)14-10-15-11-16-14/h3,5-6,8,10-11,17-18H,2,7,9H2,(H,15,16). The Morgan fingerprint density at radius 2 is 2.24 bits per heavy atom. The normalized spacial score (nSPS) is 10.9. The van der Waals surface area contributed by atoms with Gasteiger partial charge in [0.25, 0.3) is 10.0 Å². The van der Waals surface area contributed by atoms with Crippen molar-refractivity contribution in [3.8, 4) is 11.8 Å². The zero-order valence-electron chi connectivity index (χ0n) is 11.2. The van der Waals surface area contributed by atoms with E-state index in [4.69, 9.17) is 5.11 Å². The van der Waals surface area contributed by atoms with Crippen molar-refractivity contribution in [2.75, 3.05) is 6.61 Å². The zero-order chi connectivity index (χ0) is 15.1. The Bertz CT molecular complexity index is 743. The van der Waals surface area contributed by atoms with Gasteiger partial charge in [-0.05, 0) is 17.7 Å². The molecule has 2 rings (SSSR count). The number of aliphatic hydroxyl groups excluding tert-OH is 1. The monoisotopic (exact) mass is 305 g/mol. The van der Waals surface area contributed by atoms with Crippen molar-refractivity contribution in [2.24, 2.45) is 0 Å². The molecule has 3 N–H and O–H groups in total. The first-order valence-corrected chi connectivity index (χ1v) is 7.77. The second-order valence-corrected chi connectivity index (χ2v) is 5.95. The molecule has 0 spiro atoms. The van der Waals surface area contributed by atoms with Crippen LogP contribution in [0.5, 0.6) is 0 Å². The molecule has 0 aliphatic rings. The number of sulfonamides is 1. The van der Waals surface area contributed by atoms with E-state index in [0.29, 0.717) is 6.42 Å². The van der Waals surface area contributed by atoms with E-state index in [0.717, 1.165) is 11.1 Å². The fourth-order valence-corrected chi connectivity index (χ4v) is 2.55. The summed E-state index contributed by atoms with van der Waals surface area (Å²) in [6, 6.07) is 7.26. The molecule has 1 aromatic heterocycles. The number of aliphatic hydroxyl groups is 1. The summed E-state index contributed by atoms with van der Waals surface area (Å²) < 4.78 is 26.3. The van der Waals surface area contributed by atoms with E-state index in [9.17, 15) is 8.42 Å². The van der Waals surface area contributed by atoms with E-state index in [1.54, 1.807) is 6.07 Å². The van der Waals surface area contributed by atoms with Crippen LogP contribution in [0.4, 0.5) is 0 Å². The van der Waals surface area contributed by atoms with Gasteiger partial charge in [0.05, 0.1) is 19.1 Å². The molecule has 1 aromatic carbocycles.